The predicted octanol–water partition coefficient (Wildman–Crippen LogP) is 4.25. The third-order valence-corrected chi connectivity index (χ3v) is 3.18. The maximum atomic E-state index is 8.90. The van der Waals surface area contributed by atoms with E-state index in [0.29, 0.717) is 17.1 Å². The van der Waals surface area contributed by atoms with Crippen molar-refractivity contribution in [3.63, 3.8) is 0 Å². The molecule has 0 heterocycles. The first-order valence-electron chi connectivity index (χ1n) is 7.21. The molecule has 0 aromatic carbocycles. The summed E-state index contributed by atoms with van der Waals surface area (Å²) in [4.78, 5) is 4.30. The molecule has 0 aliphatic heterocycles. The number of rotatable bonds is 6. The molecule has 0 fully saturated rings. The Morgan fingerprint density at radius 3 is 2.33 bits per heavy atom. The molecule has 0 unspecified atom stereocenters. The van der Waals surface area contributed by atoms with Crippen molar-refractivity contribution >= 4 is 5.71 Å². The van der Waals surface area contributed by atoms with Gasteiger partial charge in [0.2, 0.25) is 0 Å². The van der Waals surface area contributed by atoms with Crippen LogP contribution in [-0.2, 0) is 0 Å². The van der Waals surface area contributed by atoms with Gasteiger partial charge in [0.1, 0.15) is 11.8 Å². The van der Waals surface area contributed by atoms with Crippen molar-refractivity contribution in [1.82, 2.24) is 0 Å². The molecule has 0 aromatic heterocycles. The third-order valence-electron chi connectivity index (χ3n) is 3.18. The minimum absolute atomic E-state index is 0.388. The van der Waals surface area contributed by atoms with Gasteiger partial charge >= 0.3 is 0 Å². The number of nitrogens with zero attached hydrogens (tertiary/aromatic N) is 2. The number of unbranched alkanes of at least 4 members (excludes halogenated alkanes) is 1. The van der Waals surface area contributed by atoms with Gasteiger partial charge in [-0.15, -0.1) is 6.42 Å². The summed E-state index contributed by atoms with van der Waals surface area (Å²) in [5.74, 6) is 2.71. The first-order chi connectivity index (χ1) is 9.92. The molecule has 3 heteroatoms. The van der Waals surface area contributed by atoms with Crippen LogP contribution in [0.15, 0.2) is 39.2 Å². The van der Waals surface area contributed by atoms with Gasteiger partial charge in [0.25, 0.3) is 0 Å². The fraction of sp³-hybridized carbons (Fsp3) is 0.444. The molecule has 0 amide bonds. The summed E-state index contributed by atoms with van der Waals surface area (Å²) in [6, 6.07) is 2.02. The van der Waals surface area contributed by atoms with Crippen LogP contribution < -0.4 is 5.73 Å². The van der Waals surface area contributed by atoms with E-state index in [9.17, 15) is 0 Å². The summed E-state index contributed by atoms with van der Waals surface area (Å²) in [7, 11) is 0. The summed E-state index contributed by atoms with van der Waals surface area (Å²) in [6.07, 6.45) is 10.4. The minimum atomic E-state index is 0.388. The average molecular weight is 283 g/mol. The topological polar surface area (TPSA) is 62.2 Å². The van der Waals surface area contributed by atoms with Crippen LogP contribution in [0, 0.1) is 23.7 Å². The molecule has 0 aliphatic carbocycles. The number of terminal acetylenes is 1. The zero-order valence-electron chi connectivity index (χ0n) is 13.7. The molecule has 21 heavy (non-hydrogen) atoms. The van der Waals surface area contributed by atoms with Crippen LogP contribution in [0.2, 0.25) is 0 Å². The van der Waals surface area contributed by atoms with Crippen LogP contribution in [0.1, 0.15) is 53.9 Å². The Bertz CT molecular complexity index is 573. The molecule has 0 saturated heterocycles. The lowest BCUT2D eigenvalue weighted by Crippen LogP contribution is -2.08. The number of hydrogen-bond donors (Lipinski definition) is 1. The molecule has 0 bridgehead atoms. The van der Waals surface area contributed by atoms with E-state index in [2.05, 4.69) is 17.8 Å². The Labute approximate surface area is 129 Å². The van der Waals surface area contributed by atoms with Crippen molar-refractivity contribution in [2.75, 3.05) is 0 Å². The van der Waals surface area contributed by atoms with E-state index >= 15 is 0 Å². The lowest BCUT2D eigenvalue weighted by Gasteiger charge is -2.13. The Morgan fingerprint density at radius 2 is 1.90 bits per heavy atom. The van der Waals surface area contributed by atoms with Gasteiger partial charge in [0.15, 0.2) is 0 Å². The van der Waals surface area contributed by atoms with Crippen molar-refractivity contribution in [2.24, 2.45) is 10.7 Å². The van der Waals surface area contributed by atoms with E-state index in [1.807, 2.05) is 32.9 Å². The van der Waals surface area contributed by atoms with E-state index in [1.54, 1.807) is 6.92 Å². The average Bonchev–Trinajstić information content (AvgIpc) is 2.49. The van der Waals surface area contributed by atoms with E-state index < -0.39 is 0 Å². The predicted molar refractivity (Wildman–Crippen MR) is 90.4 cm³/mol. The lowest BCUT2D eigenvalue weighted by atomic mass is 9.96. The van der Waals surface area contributed by atoms with E-state index in [1.165, 1.54) is 0 Å². The number of nitrogens with two attached hydrogens (primary N) is 1. The highest BCUT2D eigenvalue weighted by molar-refractivity contribution is 5.97. The first-order valence-corrected chi connectivity index (χ1v) is 7.21. The summed E-state index contributed by atoms with van der Waals surface area (Å²) in [5.41, 5.74) is 10.6. The Morgan fingerprint density at radius 1 is 1.29 bits per heavy atom. The van der Waals surface area contributed by atoms with Gasteiger partial charge in [-0.3, -0.25) is 0 Å². The van der Waals surface area contributed by atoms with E-state index in [4.69, 9.17) is 17.4 Å². The van der Waals surface area contributed by atoms with Gasteiger partial charge in [0, 0.05) is 22.5 Å². The van der Waals surface area contributed by atoms with Crippen LogP contribution in [-0.4, -0.2) is 5.71 Å². The summed E-state index contributed by atoms with van der Waals surface area (Å²) in [6.45, 7) is 9.62. The Kier molecular flexibility index (Phi) is 8.58. The fourth-order valence-corrected chi connectivity index (χ4v) is 1.79. The Balaban J connectivity index is 6.25. The van der Waals surface area contributed by atoms with E-state index in [0.717, 1.165) is 36.0 Å². The maximum absolute atomic E-state index is 8.90. The zero-order chi connectivity index (χ0) is 16.4. The highest BCUT2D eigenvalue weighted by atomic mass is 14.8. The van der Waals surface area contributed by atoms with Crippen molar-refractivity contribution in [2.45, 2.75) is 53.9 Å². The smallest absolute Gasteiger partial charge is 0.115 e. The van der Waals surface area contributed by atoms with Gasteiger partial charge in [-0.05, 0) is 39.2 Å². The summed E-state index contributed by atoms with van der Waals surface area (Å²) < 4.78 is 0. The quantitative estimate of drug-likeness (QED) is 0.450. The van der Waals surface area contributed by atoms with Crippen molar-refractivity contribution in [3.05, 3.63) is 34.2 Å². The monoisotopic (exact) mass is 283 g/mol. The van der Waals surface area contributed by atoms with Crippen LogP contribution >= 0.6 is 0 Å². The standard InChI is InChI=1S/C18H25N3/c1-7-10-11-16(9-3)17(18(20)13(4)8-2)15(6)21-14(5)12-19/h3,11H,7-8,10,20H2,1-2,4-6H3/b16-11-,17-15-,18-13-,21-14?. The van der Waals surface area contributed by atoms with Crippen molar-refractivity contribution in [1.29, 1.82) is 5.26 Å². The number of nitriles is 1. The zero-order valence-corrected chi connectivity index (χ0v) is 13.7. The fourth-order valence-electron chi connectivity index (χ4n) is 1.79. The maximum Gasteiger partial charge on any atom is 0.115 e. The molecule has 3 nitrogen and oxygen atoms in total. The Hall–Kier alpha value is -2.26. The molecule has 0 spiro atoms. The largest absolute Gasteiger partial charge is 0.398 e. The van der Waals surface area contributed by atoms with Crippen LogP contribution in [0.3, 0.4) is 0 Å². The molecule has 0 atom stereocenters. The number of allylic oxidation sites excluding steroid dienone is 4. The minimum Gasteiger partial charge on any atom is -0.398 e. The van der Waals surface area contributed by atoms with Gasteiger partial charge in [0.05, 0.1) is 0 Å². The summed E-state index contributed by atoms with van der Waals surface area (Å²) >= 11 is 0. The second-order valence-corrected chi connectivity index (χ2v) is 4.87. The molecular formula is C18H25N3. The van der Waals surface area contributed by atoms with Gasteiger partial charge in [-0.25, -0.2) is 4.99 Å². The van der Waals surface area contributed by atoms with Gasteiger partial charge in [-0.1, -0.05) is 32.3 Å². The molecule has 0 aliphatic rings. The lowest BCUT2D eigenvalue weighted by molar-refractivity contribution is 0.951. The molecule has 0 saturated carbocycles. The second kappa shape index (κ2) is 9.61. The number of hydrogen-bond acceptors (Lipinski definition) is 3. The highest BCUT2D eigenvalue weighted by Gasteiger charge is 2.12. The molecular weight excluding hydrogens is 258 g/mol. The van der Waals surface area contributed by atoms with Crippen molar-refractivity contribution in [3.8, 4) is 18.4 Å². The van der Waals surface area contributed by atoms with Gasteiger partial charge < -0.3 is 5.73 Å². The molecule has 0 aromatic rings. The normalized spacial score (nSPS) is 14.8. The van der Waals surface area contributed by atoms with E-state index in [-0.39, 0.29) is 0 Å². The van der Waals surface area contributed by atoms with Crippen LogP contribution in [0.4, 0.5) is 0 Å². The second-order valence-electron chi connectivity index (χ2n) is 4.87. The molecule has 112 valence electrons. The SMILES string of the molecule is C#CC(=C/CCC)/C(=C(\C)N=C(C)C#N)C(/N)=C(\C)CC. The van der Waals surface area contributed by atoms with Crippen LogP contribution in [0.5, 0.6) is 0 Å². The third kappa shape index (κ3) is 5.71. The van der Waals surface area contributed by atoms with Gasteiger partial charge in [-0.2, -0.15) is 5.26 Å². The highest BCUT2D eigenvalue weighted by Crippen LogP contribution is 2.25. The number of aliphatic imine (C=N–C) groups is 1. The molecule has 0 radical (unpaired) electrons. The van der Waals surface area contributed by atoms with Crippen molar-refractivity contribution < 1.29 is 0 Å². The molecule has 0 rings (SSSR count). The molecule has 2 N–H and O–H groups in total. The first kappa shape index (κ1) is 18.7. The summed E-state index contributed by atoms with van der Waals surface area (Å²) in [5, 5.41) is 8.90. The van der Waals surface area contributed by atoms with Crippen LogP contribution in [0.25, 0.3) is 0 Å².